The second-order valence-electron chi connectivity index (χ2n) is 3.59. The smallest absolute Gasteiger partial charge is 0.0964 e. The molecule has 16 heavy (non-hydrogen) atoms. The van der Waals surface area contributed by atoms with E-state index in [9.17, 15) is 0 Å². The summed E-state index contributed by atoms with van der Waals surface area (Å²) >= 11 is 7.49. The van der Waals surface area contributed by atoms with Gasteiger partial charge in [-0.2, -0.15) is 0 Å². The van der Waals surface area contributed by atoms with Gasteiger partial charge in [-0.3, -0.25) is 0 Å². The van der Waals surface area contributed by atoms with Crippen LogP contribution in [0, 0.1) is 6.92 Å². The van der Waals surface area contributed by atoms with Crippen LogP contribution in [0.5, 0.6) is 0 Å². The Morgan fingerprint density at radius 2 is 1.88 bits per heavy atom. The summed E-state index contributed by atoms with van der Waals surface area (Å²) in [4.78, 5) is 4.24. The highest BCUT2D eigenvalue weighted by molar-refractivity contribution is 7.98. The molecule has 0 N–H and O–H groups in total. The van der Waals surface area contributed by atoms with Crippen LogP contribution in [0.3, 0.4) is 0 Å². The normalized spacial score (nSPS) is 10.4. The van der Waals surface area contributed by atoms with Gasteiger partial charge in [-0.1, -0.05) is 41.4 Å². The molecule has 1 aromatic carbocycles. The van der Waals surface area contributed by atoms with E-state index in [2.05, 4.69) is 36.2 Å². The first-order valence-electron chi connectivity index (χ1n) is 5.04. The van der Waals surface area contributed by atoms with E-state index in [1.807, 2.05) is 12.1 Å². The van der Waals surface area contributed by atoms with Gasteiger partial charge >= 0.3 is 0 Å². The zero-order valence-corrected chi connectivity index (χ0v) is 10.6. The van der Waals surface area contributed by atoms with Crippen molar-refractivity contribution in [1.82, 2.24) is 4.98 Å². The second kappa shape index (κ2) is 5.37. The minimum Gasteiger partial charge on any atom is -0.248 e. The summed E-state index contributed by atoms with van der Waals surface area (Å²) in [6.07, 6.45) is 1.68. The van der Waals surface area contributed by atoms with Crippen LogP contribution in [0.2, 0.25) is 5.02 Å². The summed E-state index contributed by atoms with van der Waals surface area (Å²) in [7, 11) is 0. The van der Waals surface area contributed by atoms with E-state index < -0.39 is 0 Å². The average Bonchev–Trinajstić information content (AvgIpc) is 2.30. The van der Waals surface area contributed by atoms with E-state index in [-0.39, 0.29) is 0 Å². The number of rotatable bonds is 3. The van der Waals surface area contributed by atoms with E-state index in [4.69, 9.17) is 11.6 Å². The lowest BCUT2D eigenvalue weighted by molar-refractivity contribution is 1.13. The Morgan fingerprint density at radius 1 is 1.12 bits per heavy atom. The second-order valence-corrected chi connectivity index (χ2v) is 5.02. The van der Waals surface area contributed by atoms with Crippen LogP contribution in [0.4, 0.5) is 0 Å². The number of aromatic nitrogens is 1. The summed E-state index contributed by atoms with van der Waals surface area (Å²) in [5, 5.41) is 1.68. The van der Waals surface area contributed by atoms with Crippen LogP contribution in [-0.4, -0.2) is 4.98 Å². The maximum absolute atomic E-state index is 5.77. The summed E-state index contributed by atoms with van der Waals surface area (Å²) in [6, 6.07) is 12.4. The maximum atomic E-state index is 5.77. The number of aryl methyl sites for hydroxylation is 1. The first-order valence-corrected chi connectivity index (χ1v) is 6.40. The Labute approximate surface area is 105 Å². The van der Waals surface area contributed by atoms with Crippen molar-refractivity contribution in [2.75, 3.05) is 0 Å². The van der Waals surface area contributed by atoms with E-state index in [1.54, 1.807) is 18.0 Å². The van der Waals surface area contributed by atoms with Gasteiger partial charge in [0.05, 0.1) is 10.0 Å². The molecule has 0 fully saturated rings. The van der Waals surface area contributed by atoms with Gasteiger partial charge in [-0.25, -0.2) is 4.98 Å². The van der Waals surface area contributed by atoms with Gasteiger partial charge in [0.15, 0.2) is 0 Å². The lowest BCUT2D eigenvalue weighted by Crippen LogP contribution is -1.83. The highest BCUT2D eigenvalue weighted by Gasteiger charge is 1.97. The van der Waals surface area contributed by atoms with E-state index in [1.165, 1.54) is 11.1 Å². The molecule has 0 bridgehead atoms. The number of nitrogens with zero attached hydrogens (tertiary/aromatic N) is 1. The van der Waals surface area contributed by atoms with Crippen molar-refractivity contribution in [3.63, 3.8) is 0 Å². The van der Waals surface area contributed by atoms with Gasteiger partial charge in [0.2, 0.25) is 0 Å². The van der Waals surface area contributed by atoms with Crippen molar-refractivity contribution in [2.45, 2.75) is 17.7 Å². The zero-order chi connectivity index (χ0) is 11.4. The standard InChI is InChI=1S/C13H12ClNS/c1-10-2-4-11(5-3-10)9-16-13-7-6-12(14)8-15-13/h2-8H,9H2,1H3. The molecule has 0 unspecified atom stereocenters. The topological polar surface area (TPSA) is 12.9 Å². The highest BCUT2D eigenvalue weighted by Crippen LogP contribution is 2.21. The molecule has 0 atom stereocenters. The Kier molecular flexibility index (Phi) is 3.86. The quantitative estimate of drug-likeness (QED) is 0.751. The third-order valence-electron chi connectivity index (χ3n) is 2.21. The molecule has 0 aliphatic rings. The summed E-state index contributed by atoms with van der Waals surface area (Å²) in [6.45, 7) is 2.09. The highest BCUT2D eigenvalue weighted by atomic mass is 35.5. The Bertz CT molecular complexity index is 405. The molecule has 1 aromatic heterocycles. The molecule has 0 radical (unpaired) electrons. The molecule has 2 rings (SSSR count). The summed E-state index contributed by atoms with van der Waals surface area (Å²) < 4.78 is 0. The number of pyridine rings is 1. The van der Waals surface area contributed by atoms with E-state index >= 15 is 0 Å². The number of thioether (sulfide) groups is 1. The fourth-order valence-corrected chi connectivity index (χ4v) is 2.20. The Balaban J connectivity index is 1.97. The van der Waals surface area contributed by atoms with Crippen LogP contribution in [0.1, 0.15) is 11.1 Å². The summed E-state index contributed by atoms with van der Waals surface area (Å²) in [5.74, 6) is 0.939. The molecule has 0 aliphatic heterocycles. The third kappa shape index (κ3) is 3.26. The van der Waals surface area contributed by atoms with Gasteiger partial charge in [0.1, 0.15) is 0 Å². The lowest BCUT2D eigenvalue weighted by Gasteiger charge is -2.01. The van der Waals surface area contributed by atoms with Crippen molar-refractivity contribution in [1.29, 1.82) is 0 Å². The largest absolute Gasteiger partial charge is 0.248 e. The molecule has 0 spiro atoms. The molecule has 82 valence electrons. The predicted octanol–water partition coefficient (Wildman–Crippen LogP) is 4.34. The van der Waals surface area contributed by atoms with Crippen LogP contribution < -0.4 is 0 Å². The molecule has 3 heteroatoms. The average molecular weight is 250 g/mol. The summed E-state index contributed by atoms with van der Waals surface area (Å²) in [5.41, 5.74) is 2.60. The SMILES string of the molecule is Cc1ccc(CSc2ccc(Cl)cn2)cc1. The van der Waals surface area contributed by atoms with E-state index in [0.29, 0.717) is 5.02 Å². The molecule has 2 aromatic rings. The molecule has 0 saturated heterocycles. The van der Waals surface area contributed by atoms with Crippen LogP contribution >= 0.6 is 23.4 Å². The molecule has 0 aliphatic carbocycles. The Hall–Kier alpha value is -0.990. The minimum atomic E-state index is 0.680. The number of hydrogen-bond acceptors (Lipinski definition) is 2. The maximum Gasteiger partial charge on any atom is 0.0964 e. The molecular weight excluding hydrogens is 238 g/mol. The van der Waals surface area contributed by atoms with Crippen LogP contribution in [0.15, 0.2) is 47.6 Å². The number of hydrogen-bond donors (Lipinski definition) is 0. The first-order chi connectivity index (χ1) is 7.74. The monoisotopic (exact) mass is 249 g/mol. The lowest BCUT2D eigenvalue weighted by atomic mass is 10.2. The van der Waals surface area contributed by atoms with Crippen molar-refractivity contribution >= 4 is 23.4 Å². The van der Waals surface area contributed by atoms with Gasteiger partial charge in [0.25, 0.3) is 0 Å². The van der Waals surface area contributed by atoms with Gasteiger partial charge in [-0.05, 0) is 24.6 Å². The van der Waals surface area contributed by atoms with Crippen LogP contribution in [-0.2, 0) is 5.75 Å². The van der Waals surface area contributed by atoms with Gasteiger partial charge < -0.3 is 0 Å². The molecule has 0 amide bonds. The first kappa shape index (κ1) is 11.5. The Morgan fingerprint density at radius 3 is 2.50 bits per heavy atom. The molecular formula is C13H12ClNS. The molecule has 1 heterocycles. The van der Waals surface area contributed by atoms with Gasteiger partial charge in [-0.15, -0.1) is 11.8 Å². The van der Waals surface area contributed by atoms with Crippen molar-refractivity contribution in [3.8, 4) is 0 Å². The van der Waals surface area contributed by atoms with Crippen molar-refractivity contribution < 1.29 is 0 Å². The van der Waals surface area contributed by atoms with Gasteiger partial charge in [0, 0.05) is 11.9 Å². The zero-order valence-electron chi connectivity index (χ0n) is 8.98. The van der Waals surface area contributed by atoms with E-state index in [0.717, 1.165) is 10.8 Å². The van der Waals surface area contributed by atoms with Crippen molar-refractivity contribution in [2.24, 2.45) is 0 Å². The number of halogens is 1. The van der Waals surface area contributed by atoms with Crippen molar-refractivity contribution in [3.05, 3.63) is 58.7 Å². The predicted molar refractivity (Wildman–Crippen MR) is 70.0 cm³/mol. The fourth-order valence-electron chi connectivity index (χ4n) is 1.29. The number of benzene rings is 1. The van der Waals surface area contributed by atoms with Crippen LogP contribution in [0.25, 0.3) is 0 Å². The third-order valence-corrected chi connectivity index (χ3v) is 3.45. The molecule has 0 saturated carbocycles. The molecule has 1 nitrogen and oxygen atoms in total. The fraction of sp³-hybridized carbons (Fsp3) is 0.154. The minimum absolute atomic E-state index is 0.680.